The number of rotatable bonds is 6. The van der Waals surface area contributed by atoms with Gasteiger partial charge in [0.05, 0.1) is 23.5 Å². The van der Waals surface area contributed by atoms with E-state index in [0.717, 1.165) is 5.69 Å². The maximum absolute atomic E-state index is 12.4. The molecule has 7 nitrogen and oxygen atoms in total. The lowest BCUT2D eigenvalue weighted by Crippen LogP contribution is -2.27. The Morgan fingerprint density at radius 1 is 1.20 bits per heavy atom. The molecule has 0 fully saturated rings. The molecule has 0 aliphatic rings. The van der Waals surface area contributed by atoms with Crippen LogP contribution in [0, 0.1) is 0 Å². The normalized spacial score (nSPS) is 10.7. The molecule has 0 spiro atoms. The first-order chi connectivity index (χ1) is 12.0. The van der Waals surface area contributed by atoms with E-state index >= 15 is 0 Å². The van der Waals surface area contributed by atoms with Crippen LogP contribution in [-0.4, -0.2) is 25.5 Å². The first-order valence-corrected chi connectivity index (χ1v) is 8.15. The highest BCUT2D eigenvalue weighted by Crippen LogP contribution is 2.16. The van der Waals surface area contributed by atoms with Gasteiger partial charge in [-0.25, -0.2) is 4.68 Å². The highest BCUT2D eigenvalue weighted by Gasteiger charge is 2.14. The number of benzene rings is 1. The van der Waals surface area contributed by atoms with E-state index in [1.165, 1.54) is 17.1 Å². The molecule has 0 saturated heterocycles. The molecular weight excluding hydrogens is 365 g/mol. The van der Waals surface area contributed by atoms with Crippen molar-refractivity contribution in [1.29, 1.82) is 0 Å². The van der Waals surface area contributed by atoms with Gasteiger partial charge in [-0.15, -0.1) is 0 Å². The minimum atomic E-state index is -0.283. The summed E-state index contributed by atoms with van der Waals surface area (Å²) in [7, 11) is 1.76. The van der Waals surface area contributed by atoms with Crippen molar-refractivity contribution in [2.45, 2.75) is 13.3 Å². The second-order valence-electron chi connectivity index (χ2n) is 5.19. The second-order valence-corrected chi connectivity index (χ2v) is 6.03. The monoisotopic (exact) mass is 379 g/mol. The average molecular weight is 380 g/mol. The van der Waals surface area contributed by atoms with Gasteiger partial charge < -0.3 is 10.1 Å². The molecule has 0 bridgehead atoms. The van der Waals surface area contributed by atoms with Crippen LogP contribution in [0.15, 0.2) is 42.7 Å². The fourth-order valence-electron chi connectivity index (χ4n) is 2.18. The van der Waals surface area contributed by atoms with Crippen LogP contribution in [0.4, 0.5) is 0 Å². The molecule has 2 aromatic heterocycles. The van der Waals surface area contributed by atoms with Crippen LogP contribution < -0.4 is 10.1 Å². The number of carbonyl (C=O) groups excluding carboxylic acids is 1. The molecule has 0 aliphatic carbocycles. The van der Waals surface area contributed by atoms with Gasteiger partial charge in [-0.3, -0.25) is 9.48 Å². The summed E-state index contributed by atoms with van der Waals surface area (Å²) in [5.41, 5.74) is 1.10. The van der Waals surface area contributed by atoms with Crippen molar-refractivity contribution in [3.8, 4) is 5.75 Å². The van der Waals surface area contributed by atoms with Gasteiger partial charge in [0.1, 0.15) is 11.4 Å². The van der Waals surface area contributed by atoms with E-state index in [2.05, 4.69) is 15.5 Å². The number of hydrogen-bond acceptors (Lipinski definition) is 4. The summed E-state index contributed by atoms with van der Waals surface area (Å²) in [6.45, 7) is 0.362. The highest BCUT2D eigenvalue weighted by atomic mass is 35.5. The largest absolute Gasteiger partial charge is 0.471 e. The topological polar surface area (TPSA) is 74.0 Å². The Balaban J connectivity index is 1.62. The van der Waals surface area contributed by atoms with Crippen molar-refractivity contribution < 1.29 is 9.53 Å². The van der Waals surface area contributed by atoms with E-state index < -0.39 is 0 Å². The van der Waals surface area contributed by atoms with Crippen molar-refractivity contribution in [3.63, 3.8) is 0 Å². The van der Waals surface area contributed by atoms with Crippen molar-refractivity contribution >= 4 is 29.1 Å². The zero-order chi connectivity index (χ0) is 17.8. The Kier molecular flexibility index (Phi) is 5.25. The molecule has 1 aromatic carbocycles. The molecule has 25 heavy (non-hydrogen) atoms. The Morgan fingerprint density at radius 3 is 2.64 bits per heavy atom. The van der Waals surface area contributed by atoms with Gasteiger partial charge in [0.25, 0.3) is 5.91 Å². The van der Waals surface area contributed by atoms with Crippen molar-refractivity contribution in [1.82, 2.24) is 24.9 Å². The van der Waals surface area contributed by atoms with Gasteiger partial charge in [0, 0.05) is 18.3 Å². The molecule has 0 radical (unpaired) electrons. The van der Waals surface area contributed by atoms with E-state index in [-0.39, 0.29) is 19.2 Å². The van der Waals surface area contributed by atoms with Gasteiger partial charge in [0.2, 0.25) is 0 Å². The number of nitrogens with one attached hydrogen (secondary N) is 1. The molecule has 3 aromatic rings. The van der Waals surface area contributed by atoms with Crippen LogP contribution in [-0.2, 0) is 20.3 Å². The number of nitrogens with zero attached hydrogens (tertiary/aromatic N) is 4. The predicted molar refractivity (Wildman–Crippen MR) is 93.7 cm³/mol. The number of carbonyl (C=O) groups is 1. The van der Waals surface area contributed by atoms with Crippen LogP contribution >= 0.6 is 23.2 Å². The minimum Gasteiger partial charge on any atom is -0.471 e. The van der Waals surface area contributed by atoms with E-state index in [0.29, 0.717) is 21.5 Å². The lowest BCUT2D eigenvalue weighted by molar-refractivity contribution is 0.0928. The summed E-state index contributed by atoms with van der Waals surface area (Å²) in [5, 5.41) is 12.1. The van der Waals surface area contributed by atoms with Crippen LogP contribution in [0.1, 0.15) is 16.2 Å². The van der Waals surface area contributed by atoms with Crippen molar-refractivity contribution in [2.24, 2.45) is 7.05 Å². The van der Waals surface area contributed by atoms with Crippen LogP contribution in [0.25, 0.3) is 0 Å². The van der Waals surface area contributed by atoms with Crippen molar-refractivity contribution in [2.75, 3.05) is 0 Å². The first kappa shape index (κ1) is 17.3. The fraction of sp³-hybridized carbons (Fsp3) is 0.188. The number of ether oxygens (including phenoxy) is 1. The number of aromatic nitrogens is 4. The lowest BCUT2D eigenvalue weighted by atomic mass is 10.3. The zero-order valence-electron chi connectivity index (χ0n) is 13.3. The molecule has 0 atom stereocenters. The molecule has 0 aliphatic heterocycles. The summed E-state index contributed by atoms with van der Waals surface area (Å²) < 4.78 is 8.69. The number of hydrogen-bond donors (Lipinski definition) is 1. The minimum absolute atomic E-state index is 0.101. The highest BCUT2D eigenvalue weighted by molar-refractivity contribution is 6.31. The summed E-state index contributed by atoms with van der Waals surface area (Å²) in [5.74, 6) is 0.349. The fourth-order valence-corrected chi connectivity index (χ4v) is 2.54. The van der Waals surface area contributed by atoms with Gasteiger partial charge in [-0.1, -0.05) is 23.2 Å². The van der Waals surface area contributed by atoms with E-state index in [1.54, 1.807) is 42.1 Å². The molecule has 0 unspecified atom stereocenters. The molecule has 0 saturated carbocycles. The third-order valence-electron chi connectivity index (χ3n) is 3.54. The molecule has 1 N–H and O–H groups in total. The van der Waals surface area contributed by atoms with Crippen molar-refractivity contribution in [3.05, 3.63) is 64.2 Å². The van der Waals surface area contributed by atoms with E-state index in [9.17, 15) is 4.79 Å². The van der Waals surface area contributed by atoms with E-state index in [4.69, 9.17) is 27.9 Å². The summed E-state index contributed by atoms with van der Waals surface area (Å²) in [6, 6.07) is 8.56. The molecule has 1 amide bonds. The van der Waals surface area contributed by atoms with Crippen LogP contribution in [0.2, 0.25) is 10.0 Å². The molecule has 130 valence electrons. The van der Waals surface area contributed by atoms with Gasteiger partial charge in [-0.05, 0) is 30.3 Å². The van der Waals surface area contributed by atoms with Crippen LogP contribution in [0.3, 0.4) is 0 Å². The third-order valence-corrected chi connectivity index (χ3v) is 4.11. The van der Waals surface area contributed by atoms with Gasteiger partial charge >= 0.3 is 0 Å². The van der Waals surface area contributed by atoms with E-state index in [1.807, 2.05) is 0 Å². The molecule has 2 heterocycles. The number of amides is 1. The molecular formula is C16H15Cl2N5O2. The smallest absolute Gasteiger partial charge is 0.270 e. The summed E-state index contributed by atoms with van der Waals surface area (Å²) in [6.07, 6.45) is 3.07. The molecule has 9 heteroatoms. The predicted octanol–water partition coefficient (Wildman–Crippen LogP) is 2.89. The SMILES string of the molecule is Cn1ncc(Cl)c1CNC(=O)c1ccnn1COc1ccc(Cl)cc1. The maximum Gasteiger partial charge on any atom is 0.270 e. The summed E-state index contributed by atoms with van der Waals surface area (Å²) in [4.78, 5) is 12.4. The molecule has 3 rings (SSSR count). The van der Waals surface area contributed by atoms with Gasteiger partial charge in [-0.2, -0.15) is 10.2 Å². The zero-order valence-corrected chi connectivity index (χ0v) is 14.8. The lowest BCUT2D eigenvalue weighted by Gasteiger charge is -2.10. The maximum atomic E-state index is 12.4. The number of aryl methyl sites for hydroxylation is 1. The average Bonchev–Trinajstić information content (AvgIpc) is 3.19. The Hall–Kier alpha value is -2.51. The Labute approximate surface area is 154 Å². The second kappa shape index (κ2) is 7.58. The van der Waals surface area contributed by atoms with Gasteiger partial charge in [0.15, 0.2) is 6.73 Å². The first-order valence-electron chi connectivity index (χ1n) is 7.39. The number of halogens is 2. The Bertz CT molecular complexity index is 854. The quantitative estimate of drug-likeness (QED) is 0.714. The standard InChI is InChI=1S/C16H15Cl2N5O2/c1-22-15(13(18)8-21-22)9-19-16(24)14-6-7-20-23(14)10-25-12-4-2-11(17)3-5-12/h2-8H,9-10H2,1H3,(H,19,24). The Morgan fingerprint density at radius 2 is 1.96 bits per heavy atom. The summed E-state index contributed by atoms with van der Waals surface area (Å²) >= 11 is 11.9. The third kappa shape index (κ3) is 4.12. The van der Waals surface area contributed by atoms with Crippen LogP contribution in [0.5, 0.6) is 5.75 Å².